The topological polar surface area (TPSA) is 38.1 Å². The summed E-state index contributed by atoms with van der Waals surface area (Å²) in [6.45, 7) is 4.88. The molecule has 142 valence electrons. The Labute approximate surface area is 164 Å². The molecule has 1 aromatic carbocycles. The van der Waals surface area contributed by atoms with Gasteiger partial charge < -0.3 is 9.47 Å². The Balaban J connectivity index is 1.50. The van der Waals surface area contributed by atoms with Crippen molar-refractivity contribution in [3.05, 3.63) is 52.5 Å². The summed E-state index contributed by atoms with van der Waals surface area (Å²) in [5, 5.41) is 2.08. The van der Waals surface area contributed by atoms with E-state index in [0.29, 0.717) is 12.3 Å². The quantitative estimate of drug-likeness (QED) is 0.612. The van der Waals surface area contributed by atoms with Gasteiger partial charge in [0.1, 0.15) is 5.82 Å². The summed E-state index contributed by atoms with van der Waals surface area (Å²) in [5.74, 6) is 1.78. The van der Waals surface area contributed by atoms with Gasteiger partial charge in [-0.1, -0.05) is 25.1 Å². The van der Waals surface area contributed by atoms with Gasteiger partial charge in [-0.25, -0.2) is 4.98 Å². The number of imidazole rings is 1. The number of likely N-dealkylation sites (tertiary alicyclic amines) is 1. The van der Waals surface area contributed by atoms with Crippen molar-refractivity contribution in [2.45, 2.75) is 51.5 Å². The molecule has 0 radical (unpaired) electrons. The molecule has 1 fully saturated rings. The number of benzene rings is 1. The first kappa shape index (κ1) is 18.2. The third-order valence-corrected chi connectivity index (χ3v) is 6.37. The Morgan fingerprint density at radius 3 is 2.96 bits per heavy atom. The van der Waals surface area contributed by atoms with Crippen LogP contribution in [-0.2, 0) is 17.8 Å². The van der Waals surface area contributed by atoms with Gasteiger partial charge in [-0.05, 0) is 49.3 Å². The van der Waals surface area contributed by atoms with Crippen molar-refractivity contribution in [2.75, 3.05) is 13.1 Å². The second-order valence-electron chi connectivity index (χ2n) is 7.37. The second-order valence-corrected chi connectivity index (χ2v) is 8.40. The smallest absolute Gasteiger partial charge is 0.222 e. The zero-order chi connectivity index (χ0) is 18.6. The number of nitrogens with zero attached hydrogens (tertiary/aromatic N) is 3. The summed E-state index contributed by atoms with van der Waals surface area (Å²) in [4.78, 5) is 21.1. The molecule has 3 aromatic rings. The van der Waals surface area contributed by atoms with Crippen LogP contribution in [0.5, 0.6) is 0 Å². The van der Waals surface area contributed by atoms with Crippen molar-refractivity contribution in [1.82, 2.24) is 14.5 Å². The number of hydrogen-bond acceptors (Lipinski definition) is 3. The lowest BCUT2D eigenvalue weighted by Crippen LogP contribution is -2.39. The monoisotopic (exact) mass is 381 g/mol. The van der Waals surface area contributed by atoms with E-state index in [1.165, 1.54) is 10.4 Å². The molecular formula is C22H27N3OS. The molecule has 1 saturated heterocycles. The highest BCUT2D eigenvalue weighted by Crippen LogP contribution is 2.30. The number of aromatic nitrogens is 2. The van der Waals surface area contributed by atoms with Crippen LogP contribution >= 0.6 is 11.3 Å². The fraction of sp³-hybridized carbons (Fsp3) is 0.455. The zero-order valence-electron chi connectivity index (χ0n) is 15.9. The van der Waals surface area contributed by atoms with Crippen LogP contribution in [0.1, 0.15) is 49.2 Å². The minimum atomic E-state index is 0.284. The average Bonchev–Trinajstić information content (AvgIpc) is 3.35. The van der Waals surface area contributed by atoms with E-state index in [0.717, 1.165) is 56.7 Å². The second kappa shape index (κ2) is 8.26. The van der Waals surface area contributed by atoms with Crippen molar-refractivity contribution in [2.24, 2.45) is 0 Å². The van der Waals surface area contributed by atoms with Crippen molar-refractivity contribution >= 4 is 28.3 Å². The molecule has 27 heavy (non-hydrogen) atoms. The lowest BCUT2D eigenvalue weighted by Gasteiger charge is -2.33. The third-order valence-electron chi connectivity index (χ3n) is 5.44. The van der Waals surface area contributed by atoms with Crippen LogP contribution in [0.15, 0.2) is 41.8 Å². The first-order valence-corrected chi connectivity index (χ1v) is 10.9. The standard InChI is InChI=1S/C22H27N3OS/c1-2-13-25-20-10-4-3-9-19(20)23-22(25)17-7-5-14-24(16-17)21(26)12-11-18-8-6-15-27-18/h3-4,6,8-10,15,17H,2,5,7,11-14,16H2,1H3. The Morgan fingerprint density at radius 1 is 1.26 bits per heavy atom. The molecule has 4 rings (SSSR count). The zero-order valence-corrected chi connectivity index (χ0v) is 16.8. The maximum Gasteiger partial charge on any atom is 0.222 e. The number of aryl methyl sites for hydroxylation is 2. The van der Waals surface area contributed by atoms with Gasteiger partial charge in [-0.15, -0.1) is 11.3 Å². The van der Waals surface area contributed by atoms with Gasteiger partial charge >= 0.3 is 0 Å². The van der Waals surface area contributed by atoms with Gasteiger partial charge in [0.2, 0.25) is 5.91 Å². The minimum Gasteiger partial charge on any atom is -0.342 e. The Morgan fingerprint density at radius 2 is 2.15 bits per heavy atom. The predicted molar refractivity (Wildman–Crippen MR) is 111 cm³/mol. The molecule has 1 aliphatic rings. The van der Waals surface area contributed by atoms with E-state index < -0.39 is 0 Å². The van der Waals surface area contributed by atoms with Gasteiger partial charge in [0, 0.05) is 36.9 Å². The average molecular weight is 382 g/mol. The van der Waals surface area contributed by atoms with E-state index in [9.17, 15) is 4.79 Å². The molecule has 0 aliphatic carbocycles. The van der Waals surface area contributed by atoms with Gasteiger partial charge in [0.25, 0.3) is 0 Å². The largest absolute Gasteiger partial charge is 0.342 e. The molecule has 0 spiro atoms. The Bertz CT molecular complexity index is 900. The Hall–Kier alpha value is -2.14. The number of fused-ring (bicyclic) bond motifs is 1. The number of rotatable bonds is 6. The predicted octanol–water partition coefficient (Wildman–Crippen LogP) is 4.85. The van der Waals surface area contributed by atoms with E-state index in [1.54, 1.807) is 11.3 Å². The van der Waals surface area contributed by atoms with Crippen LogP contribution in [0.4, 0.5) is 0 Å². The summed E-state index contributed by atoms with van der Waals surface area (Å²) in [7, 11) is 0. The molecule has 1 amide bonds. The molecule has 3 heterocycles. The third kappa shape index (κ3) is 3.93. The highest BCUT2D eigenvalue weighted by molar-refractivity contribution is 7.09. The van der Waals surface area contributed by atoms with Gasteiger partial charge in [0.05, 0.1) is 11.0 Å². The van der Waals surface area contributed by atoms with Crippen LogP contribution in [-0.4, -0.2) is 33.4 Å². The summed E-state index contributed by atoms with van der Waals surface area (Å²) in [6, 6.07) is 12.6. The molecule has 2 aromatic heterocycles. The number of piperidine rings is 1. The lowest BCUT2D eigenvalue weighted by molar-refractivity contribution is -0.132. The van der Waals surface area contributed by atoms with Crippen LogP contribution in [0.3, 0.4) is 0 Å². The summed E-state index contributed by atoms with van der Waals surface area (Å²) >= 11 is 1.73. The molecule has 1 unspecified atom stereocenters. The van der Waals surface area contributed by atoms with Crippen LogP contribution < -0.4 is 0 Å². The van der Waals surface area contributed by atoms with Gasteiger partial charge in [0.15, 0.2) is 0 Å². The summed E-state index contributed by atoms with van der Waals surface area (Å²) in [5.41, 5.74) is 2.29. The van der Waals surface area contributed by atoms with Crippen molar-refractivity contribution < 1.29 is 4.79 Å². The molecule has 5 heteroatoms. The first-order valence-electron chi connectivity index (χ1n) is 10.0. The van der Waals surface area contributed by atoms with Gasteiger partial charge in [-0.2, -0.15) is 0 Å². The Kier molecular flexibility index (Phi) is 5.58. The SMILES string of the molecule is CCCn1c(C2CCCN(C(=O)CCc3cccs3)C2)nc2ccccc21. The van der Waals surface area contributed by atoms with Gasteiger partial charge in [-0.3, -0.25) is 4.79 Å². The molecule has 0 N–H and O–H groups in total. The summed E-state index contributed by atoms with van der Waals surface area (Å²) in [6.07, 6.45) is 4.72. The van der Waals surface area contributed by atoms with Crippen LogP contribution in [0.25, 0.3) is 11.0 Å². The number of carbonyl (C=O) groups is 1. The minimum absolute atomic E-state index is 0.284. The van der Waals surface area contributed by atoms with E-state index >= 15 is 0 Å². The number of hydrogen-bond donors (Lipinski definition) is 0. The number of para-hydroxylation sites is 2. The fourth-order valence-electron chi connectivity index (χ4n) is 4.12. The number of amides is 1. The molecular weight excluding hydrogens is 354 g/mol. The fourth-order valence-corrected chi connectivity index (χ4v) is 4.83. The molecule has 0 saturated carbocycles. The van der Waals surface area contributed by atoms with E-state index in [2.05, 4.69) is 58.2 Å². The van der Waals surface area contributed by atoms with E-state index in [1.807, 2.05) is 0 Å². The van der Waals surface area contributed by atoms with Crippen molar-refractivity contribution in [3.8, 4) is 0 Å². The maximum atomic E-state index is 12.8. The lowest BCUT2D eigenvalue weighted by atomic mass is 9.96. The molecule has 1 atom stereocenters. The normalized spacial score (nSPS) is 17.5. The number of carbonyl (C=O) groups excluding carboxylic acids is 1. The van der Waals surface area contributed by atoms with Crippen molar-refractivity contribution in [1.29, 1.82) is 0 Å². The van der Waals surface area contributed by atoms with Crippen LogP contribution in [0.2, 0.25) is 0 Å². The number of thiophene rings is 1. The highest BCUT2D eigenvalue weighted by atomic mass is 32.1. The van der Waals surface area contributed by atoms with Crippen molar-refractivity contribution in [3.63, 3.8) is 0 Å². The van der Waals surface area contributed by atoms with Crippen LogP contribution in [0, 0.1) is 0 Å². The molecule has 0 bridgehead atoms. The first-order chi connectivity index (χ1) is 13.3. The highest BCUT2D eigenvalue weighted by Gasteiger charge is 2.28. The summed E-state index contributed by atoms with van der Waals surface area (Å²) < 4.78 is 2.37. The molecule has 4 nitrogen and oxygen atoms in total. The molecule has 1 aliphatic heterocycles. The van der Waals surface area contributed by atoms with E-state index in [4.69, 9.17) is 4.98 Å². The maximum absolute atomic E-state index is 12.8. The van der Waals surface area contributed by atoms with E-state index in [-0.39, 0.29) is 5.91 Å².